The molecule has 4 aromatic carbocycles. The molecular weight excluding hydrogens is 1490 g/mol. The van der Waals surface area contributed by atoms with Gasteiger partial charge in [-0.2, -0.15) is 0 Å². The van der Waals surface area contributed by atoms with E-state index in [4.69, 9.17) is 46.2 Å². The maximum Gasteiger partial charge on any atom is 0.407 e. The van der Waals surface area contributed by atoms with Gasteiger partial charge in [0.05, 0.1) is 93.1 Å². The Kier molecular flexibility index (Phi) is 20.9. The van der Waals surface area contributed by atoms with Crippen LogP contribution in [-0.4, -0.2) is 164 Å². The van der Waals surface area contributed by atoms with Gasteiger partial charge in [-0.05, 0) is 211 Å². The monoisotopic (exact) mass is 1600 g/mol. The molecular formula is C91H113N17O10. The lowest BCUT2D eigenvalue weighted by atomic mass is 9.82. The molecule has 118 heavy (non-hydrogen) atoms. The highest BCUT2D eigenvalue weighted by atomic mass is 16.5. The molecule has 20 rings (SSSR count). The number of carboxylic acid groups (broad SMARTS) is 1. The summed E-state index contributed by atoms with van der Waals surface area (Å²) in [4.78, 5) is 111. The van der Waals surface area contributed by atoms with Crippen molar-refractivity contribution < 1.29 is 48.1 Å². The third kappa shape index (κ3) is 14.8. The zero-order valence-electron chi connectivity index (χ0n) is 69.1. The molecule has 4 saturated heterocycles. The Morgan fingerprint density at radius 3 is 1.02 bits per heavy atom. The lowest BCUT2D eigenvalue weighted by molar-refractivity contribution is -0.140. The number of aromatic nitrogens is 8. The highest BCUT2D eigenvalue weighted by Gasteiger charge is 2.59. The van der Waals surface area contributed by atoms with Crippen molar-refractivity contribution in [3.05, 3.63) is 143 Å². The van der Waals surface area contributed by atoms with E-state index in [1.54, 1.807) is 13.8 Å². The minimum absolute atomic E-state index is 0.0781. The number of rotatable bonds is 19. The molecule has 8 aromatic rings. The van der Waals surface area contributed by atoms with Crippen LogP contribution in [0.3, 0.4) is 0 Å². The number of carboxylic acids is 1. The molecule has 10 fully saturated rings. The van der Waals surface area contributed by atoms with Gasteiger partial charge in [0.25, 0.3) is 0 Å². The number of likely N-dealkylation sites (tertiary alicyclic amines) is 2. The van der Waals surface area contributed by atoms with E-state index in [0.717, 1.165) is 115 Å². The Bertz CT molecular complexity index is 5150. The summed E-state index contributed by atoms with van der Waals surface area (Å²) in [7, 11) is 3.82. The van der Waals surface area contributed by atoms with Crippen LogP contribution in [-0.2, 0) is 54.3 Å². The first-order chi connectivity index (χ1) is 56.9. The van der Waals surface area contributed by atoms with Gasteiger partial charge in [0.1, 0.15) is 41.4 Å². The number of aliphatic carboxylic acids is 1. The number of carbonyl (C=O) groups excluding carboxylic acids is 5. The van der Waals surface area contributed by atoms with E-state index in [1.807, 2.05) is 72.3 Å². The number of alkyl carbamates (subject to hydrolysis) is 3. The predicted molar refractivity (Wildman–Crippen MR) is 444 cm³/mol. The van der Waals surface area contributed by atoms with Gasteiger partial charge in [-0.25, -0.2) is 49.1 Å². The van der Waals surface area contributed by atoms with E-state index >= 15 is 0 Å². The number of imidazole rings is 4. The summed E-state index contributed by atoms with van der Waals surface area (Å²) >= 11 is 0. The second-order valence-corrected chi connectivity index (χ2v) is 37.3. The molecule has 12 aliphatic rings. The molecule has 8 aliphatic carbocycles. The normalized spacial score (nSPS) is 26.7. The van der Waals surface area contributed by atoms with E-state index in [2.05, 4.69) is 113 Å². The van der Waals surface area contributed by atoms with Gasteiger partial charge < -0.3 is 65.0 Å². The Labute approximate surface area is 688 Å². The van der Waals surface area contributed by atoms with E-state index < -0.39 is 42.4 Å². The molecule has 2 spiro atoms. The maximum atomic E-state index is 14.1. The molecule has 5 amide bonds. The third-order valence-corrected chi connectivity index (χ3v) is 28.8. The molecule has 0 bridgehead atoms. The maximum absolute atomic E-state index is 14.1. The quantitative estimate of drug-likeness (QED) is 0.0265. The van der Waals surface area contributed by atoms with E-state index in [1.165, 1.54) is 160 Å². The fourth-order valence-electron chi connectivity index (χ4n) is 22.0. The Hall–Kier alpha value is -10.2. The minimum atomic E-state index is -1.06. The van der Waals surface area contributed by atoms with Crippen molar-refractivity contribution in [2.75, 3.05) is 21.3 Å². The van der Waals surface area contributed by atoms with Crippen LogP contribution in [0.5, 0.6) is 0 Å². The second kappa shape index (κ2) is 31.2. The van der Waals surface area contributed by atoms with Crippen molar-refractivity contribution >= 4 is 36.1 Å². The lowest BCUT2D eigenvalue weighted by Crippen LogP contribution is -2.52. The van der Waals surface area contributed by atoms with Crippen molar-refractivity contribution in [3.63, 3.8) is 0 Å². The van der Waals surface area contributed by atoms with Crippen molar-refractivity contribution in [1.29, 1.82) is 0 Å². The first kappa shape index (κ1) is 78.9. The fourth-order valence-corrected chi connectivity index (χ4v) is 22.0. The Morgan fingerprint density at radius 2 is 0.686 bits per heavy atom. The number of hydrazine groups is 2. The summed E-state index contributed by atoms with van der Waals surface area (Å²) in [5, 5.41) is 20.4. The topological polar surface area (TPSA) is 366 Å². The minimum Gasteiger partial charge on any atom is -0.480 e. The number of aromatic amines is 4. The molecule has 27 heteroatoms. The number of fused-ring (bicyclic) bond motifs is 6. The highest BCUT2D eigenvalue weighted by Crippen LogP contribution is 2.59. The third-order valence-electron chi connectivity index (χ3n) is 28.8. The largest absolute Gasteiger partial charge is 0.480 e. The molecule has 12 N–H and O–H groups in total. The summed E-state index contributed by atoms with van der Waals surface area (Å²) in [6.45, 7) is 11.2. The van der Waals surface area contributed by atoms with Crippen LogP contribution < -0.4 is 27.6 Å². The van der Waals surface area contributed by atoms with Crippen molar-refractivity contribution in [2.24, 2.45) is 63.9 Å². The van der Waals surface area contributed by atoms with Gasteiger partial charge in [0.2, 0.25) is 11.8 Å². The lowest BCUT2D eigenvalue weighted by Gasteiger charge is -2.31. The van der Waals surface area contributed by atoms with Gasteiger partial charge in [0, 0.05) is 35.3 Å². The first-order valence-electron chi connectivity index (χ1n) is 43.1. The Morgan fingerprint density at radius 1 is 0.398 bits per heavy atom. The van der Waals surface area contributed by atoms with Crippen LogP contribution in [0.15, 0.2) is 97.6 Å². The van der Waals surface area contributed by atoms with Gasteiger partial charge in [-0.3, -0.25) is 21.3 Å². The number of nitrogens with two attached hydrogens (primary N) is 2. The first-order valence-corrected chi connectivity index (χ1v) is 43.1. The molecule has 622 valence electrons. The zero-order chi connectivity index (χ0) is 82.1. The van der Waals surface area contributed by atoms with Crippen LogP contribution in [0.1, 0.15) is 214 Å². The van der Waals surface area contributed by atoms with Crippen molar-refractivity contribution in [2.45, 2.75) is 236 Å². The van der Waals surface area contributed by atoms with Crippen molar-refractivity contribution in [3.8, 4) is 67.3 Å². The highest BCUT2D eigenvalue weighted by molar-refractivity contribution is 5.89. The summed E-state index contributed by atoms with van der Waals surface area (Å²) in [5.74, 6) is 17.2. The number of piperidine rings is 4. The molecule has 4 aromatic heterocycles. The van der Waals surface area contributed by atoms with Crippen molar-refractivity contribution in [1.82, 2.24) is 75.6 Å². The Balaban J connectivity index is 0.000000150. The van der Waals surface area contributed by atoms with Crippen LogP contribution in [0.25, 0.3) is 67.3 Å². The number of nitrogens with zero attached hydrogens (tertiary/aromatic N) is 8. The van der Waals surface area contributed by atoms with Crippen LogP contribution in [0, 0.1) is 52.3 Å². The average molecular weight is 1610 g/mol. The molecule has 8 unspecified atom stereocenters. The zero-order valence-corrected chi connectivity index (χ0v) is 69.1. The van der Waals surface area contributed by atoms with Gasteiger partial charge >= 0.3 is 24.2 Å². The molecule has 6 saturated carbocycles. The summed E-state index contributed by atoms with van der Waals surface area (Å²) in [5.41, 5.74) is 20.5. The number of H-pyrrole nitrogens is 4. The molecule has 8 heterocycles. The van der Waals surface area contributed by atoms with Gasteiger partial charge in [-0.1, -0.05) is 140 Å². The fraction of sp³-hybridized carbons (Fsp3) is 0.538. The summed E-state index contributed by atoms with van der Waals surface area (Å²) in [6, 6.07) is 26.3. The molecule has 27 nitrogen and oxygen atoms in total. The average Bonchev–Trinajstić information content (AvgIpc) is 2.10. The number of methoxy groups -OCH3 is 3. The van der Waals surface area contributed by atoms with E-state index in [-0.39, 0.29) is 71.2 Å². The van der Waals surface area contributed by atoms with Gasteiger partial charge in [-0.15, -0.1) is 0 Å². The number of carbonyl (C=O) groups is 6. The number of hydrogen-bond donors (Lipinski definition) is 10. The number of ether oxygens (including phenoxy) is 3. The van der Waals surface area contributed by atoms with Gasteiger partial charge in [0.15, 0.2) is 0 Å². The predicted octanol–water partition coefficient (Wildman–Crippen LogP) is 14.1. The number of benzene rings is 4. The number of nitrogens with one attached hydrogen (secondary N) is 7. The summed E-state index contributed by atoms with van der Waals surface area (Å²) in [6.07, 6.45) is 29.1. The van der Waals surface area contributed by atoms with Crippen LogP contribution >= 0.6 is 0 Å². The standard InChI is InChI=1S/C49H60N8O6.C35H40N8.C7H13NO4/c1-25(2)41(54-47(60)62-5)45(58)56-37-17-29(37)19-39(56)43-50-23-35(52-43)28-11-9-27(10-12-28)31-13-14-32(34-22-49(21-33(31)34)15-7-8-16-49)36-24-51-44(53-36)40-20-30-18-38(30)57(40)46(59)42(26(3)4)55-48(61)63-6;36-42-29-11-21(29)13-31(42)33-38-17-27(40-33)20-5-3-19(4-6-20)23-7-8-24(26-16-35(15-25(23)26)9-1-2-10-35)28-18-39-34(41-28)32-14-22-12-30(22)43(32)37;1-4(2)5(6(9)10)8-7(11)12-3/h9-14,23-26,29-30,37-42H,7-8,15-22H2,1-6H3,(H,50,52)(H,51,53)(H,54,60)(H,55,61);3-8,17-18,21-22,29-32H,1-2,9-16,36-37H2,(H,38,40)(H,39,41);4-5H,1-3H3,(H,8,11)(H,9,10)/t29?,30?,37?,38?,39-,40-,41-,42-;21?,22?,29?,30?,31-,32-;5-/m000/s1. The smallest absolute Gasteiger partial charge is 0.407 e. The summed E-state index contributed by atoms with van der Waals surface area (Å²) < 4.78 is 14.0. The SMILES string of the molecule is COC(=O)N[C@H](C(=O)N1C2CC2C[C@H]1c1ncc(-c2ccc(-c3ccc(-c4cnc([C@@H]5CC6CC6N5C(=O)[C@@H](NC(=O)OC)C(C)C)[nH]4)c4c3CC3(CCCC3)C4)cc2)[nH]1)C(C)C.COC(=O)N[C@H](C(=O)O)C(C)C.NN1C2CC2C[C@H]1c1ncc(-c2ccc(-c3ccc(-c4cnc([C@@H]5CC6CC6N5N)[nH]4)c4c3CC3(CCCC3)C4)cc2)[nH]1. The van der Waals surface area contributed by atoms with E-state index in [9.17, 15) is 28.8 Å². The molecule has 15 atom stereocenters. The number of hydrogen-bond acceptors (Lipinski definition) is 17. The van der Waals surface area contributed by atoms with Crippen LogP contribution in [0.2, 0.25) is 0 Å². The molecule has 0 radical (unpaired) electrons. The van der Waals surface area contributed by atoms with Crippen LogP contribution in [0.4, 0.5) is 14.4 Å². The van der Waals surface area contributed by atoms with E-state index in [0.29, 0.717) is 29.3 Å². The number of amides is 5. The second-order valence-electron chi connectivity index (χ2n) is 37.3. The molecule has 4 aliphatic heterocycles.